The van der Waals surface area contributed by atoms with Crippen molar-refractivity contribution in [1.29, 1.82) is 0 Å². The summed E-state index contributed by atoms with van der Waals surface area (Å²) in [6.07, 6.45) is 2.08. The molecule has 0 saturated carbocycles. The van der Waals surface area contributed by atoms with Gasteiger partial charge in [-0.25, -0.2) is 4.98 Å². The van der Waals surface area contributed by atoms with Crippen LogP contribution in [0.3, 0.4) is 0 Å². The quantitative estimate of drug-likeness (QED) is 0.613. The molecule has 33 heavy (non-hydrogen) atoms. The van der Waals surface area contributed by atoms with Crippen LogP contribution in [0.25, 0.3) is 10.4 Å². The van der Waals surface area contributed by atoms with Crippen molar-refractivity contribution in [2.45, 2.75) is 79.8 Å². The lowest BCUT2D eigenvalue weighted by molar-refractivity contribution is -0.140. The van der Waals surface area contributed by atoms with Gasteiger partial charge in [-0.3, -0.25) is 9.59 Å². The maximum Gasteiger partial charge on any atom is 0.243 e. The standard InChI is InChI=1S/C23H31N3O2S.C2H6.CH5N/c1-15(17-8-10-18(11-9-17)21-16(2)24-14-29-21)25-22(28)19-7-6-12-26(19)20(27)13-23(3,4)5;2*1-2/h8-11,14-15,19H,6-7,12-13H2,1-5H3,(H,25,28);1-2H3;2H2,1H3. The first kappa shape index (κ1) is 28.8. The number of benzene rings is 1. The van der Waals surface area contributed by atoms with Gasteiger partial charge in [0.1, 0.15) is 6.04 Å². The van der Waals surface area contributed by atoms with Crippen molar-refractivity contribution in [3.8, 4) is 10.4 Å². The van der Waals surface area contributed by atoms with E-state index in [1.54, 1.807) is 16.2 Å². The number of carbonyl (C=O) groups excluding carboxylic acids is 2. The van der Waals surface area contributed by atoms with Crippen LogP contribution in [0, 0.1) is 12.3 Å². The van der Waals surface area contributed by atoms with Crippen molar-refractivity contribution in [3.05, 3.63) is 41.0 Å². The van der Waals surface area contributed by atoms with Gasteiger partial charge in [-0.15, -0.1) is 11.3 Å². The molecule has 6 nitrogen and oxygen atoms in total. The zero-order valence-electron chi connectivity index (χ0n) is 21.6. The van der Waals surface area contributed by atoms with E-state index in [1.165, 1.54) is 11.9 Å². The summed E-state index contributed by atoms with van der Waals surface area (Å²) < 4.78 is 0. The summed E-state index contributed by atoms with van der Waals surface area (Å²) in [5.41, 5.74) is 9.50. The number of amides is 2. The van der Waals surface area contributed by atoms with Gasteiger partial charge in [-0.2, -0.15) is 0 Å². The van der Waals surface area contributed by atoms with Crippen LogP contribution in [0.2, 0.25) is 0 Å². The molecule has 1 aromatic carbocycles. The van der Waals surface area contributed by atoms with Crippen LogP contribution >= 0.6 is 11.3 Å². The lowest BCUT2D eigenvalue weighted by Crippen LogP contribution is -2.47. The summed E-state index contributed by atoms with van der Waals surface area (Å²) in [6, 6.07) is 7.79. The van der Waals surface area contributed by atoms with E-state index < -0.39 is 0 Å². The summed E-state index contributed by atoms with van der Waals surface area (Å²) in [4.78, 5) is 32.8. The molecule has 1 saturated heterocycles. The van der Waals surface area contributed by atoms with Crippen molar-refractivity contribution in [2.75, 3.05) is 13.6 Å². The number of nitrogens with two attached hydrogens (primary N) is 1. The fourth-order valence-electron chi connectivity index (χ4n) is 3.79. The average Bonchev–Trinajstić information content (AvgIpc) is 3.45. The fraction of sp³-hybridized carbons (Fsp3) is 0.577. The van der Waals surface area contributed by atoms with Gasteiger partial charge in [0.25, 0.3) is 0 Å². The Morgan fingerprint density at radius 2 is 1.82 bits per heavy atom. The Bertz CT molecular complexity index is 871. The number of carbonyl (C=O) groups is 2. The van der Waals surface area contributed by atoms with Gasteiger partial charge >= 0.3 is 0 Å². The predicted octanol–water partition coefficient (Wildman–Crippen LogP) is 5.32. The van der Waals surface area contributed by atoms with Gasteiger partial charge < -0.3 is 16.0 Å². The van der Waals surface area contributed by atoms with Gasteiger partial charge in [-0.1, -0.05) is 58.9 Å². The SMILES string of the molecule is CC.CN.Cc1ncsc1-c1ccc(C(C)NC(=O)C2CCCN2C(=O)CC(C)(C)C)cc1. The highest BCUT2D eigenvalue weighted by Gasteiger charge is 2.35. The molecule has 1 fully saturated rings. The Balaban J connectivity index is 0.00000129. The molecule has 1 aliphatic heterocycles. The molecule has 7 heteroatoms. The van der Waals surface area contributed by atoms with Gasteiger partial charge in [0, 0.05) is 13.0 Å². The van der Waals surface area contributed by atoms with Gasteiger partial charge in [0.15, 0.2) is 0 Å². The maximum absolute atomic E-state index is 12.9. The largest absolute Gasteiger partial charge is 0.348 e. The molecule has 0 spiro atoms. The van der Waals surface area contributed by atoms with Crippen LogP contribution in [0.1, 0.15) is 78.1 Å². The zero-order chi connectivity index (χ0) is 25.2. The van der Waals surface area contributed by atoms with Crippen molar-refractivity contribution in [1.82, 2.24) is 15.2 Å². The second-order valence-corrected chi connectivity index (χ2v) is 9.96. The van der Waals surface area contributed by atoms with Crippen LogP contribution in [0.4, 0.5) is 0 Å². The molecule has 2 heterocycles. The number of thiazole rings is 1. The van der Waals surface area contributed by atoms with Crippen LogP contribution in [-0.2, 0) is 9.59 Å². The topological polar surface area (TPSA) is 88.3 Å². The number of hydrogen-bond acceptors (Lipinski definition) is 5. The zero-order valence-corrected chi connectivity index (χ0v) is 22.4. The maximum atomic E-state index is 12.9. The van der Waals surface area contributed by atoms with E-state index >= 15 is 0 Å². The molecule has 3 rings (SSSR count). The van der Waals surface area contributed by atoms with E-state index in [0.29, 0.717) is 13.0 Å². The lowest BCUT2D eigenvalue weighted by atomic mass is 9.91. The molecule has 1 aromatic heterocycles. The third-order valence-corrected chi connectivity index (χ3v) is 6.31. The molecule has 0 radical (unpaired) electrons. The van der Waals surface area contributed by atoms with E-state index in [9.17, 15) is 9.59 Å². The molecule has 2 atom stereocenters. The van der Waals surface area contributed by atoms with Crippen molar-refractivity contribution in [3.63, 3.8) is 0 Å². The Morgan fingerprint density at radius 1 is 1.21 bits per heavy atom. The minimum Gasteiger partial charge on any atom is -0.348 e. The molecular formula is C26H42N4O2S. The molecule has 184 valence electrons. The first-order valence-electron chi connectivity index (χ1n) is 11.8. The Morgan fingerprint density at radius 3 is 2.33 bits per heavy atom. The molecule has 1 aliphatic rings. The minimum atomic E-state index is -0.355. The average molecular weight is 475 g/mol. The number of rotatable bonds is 5. The summed E-state index contributed by atoms with van der Waals surface area (Å²) >= 11 is 1.63. The molecule has 0 bridgehead atoms. The summed E-state index contributed by atoms with van der Waals surface area (Å²) in [7, 11) is 1.50. The normalized spacial score (nSPS) is 16.2. The first-order chi connectivity index (χ1) is 15.7. The number of aryl methyl sites for hydroxylation is 1. The molecule has 2 aromatic rings. The minimum absolute atomic E-state index is 0.0559. The number of nitrogens with one attached hydrogen (secondary N) is 1. The molecule has 0 aliphatic carbocycles. The van der Waals surface area contributed by atoms with Crippen molar-refractivity contribution < 1.29 is 9.59 Å². The van der Waals surface area contributed by atoms with Crippen molar-refractivity contribution in [2.24, 2.45) is 11.1 Å². The Labute approximate surface area is 204 Å². The number of hydrogen-bond donors (Lipinski definition) is 2. The highest BCUT2D eigenvalue weighted by Crippen LogP contribution is 2.29. The molecular weight excluding hydrogens is 432 g/mol. The number of nitrogens with zero attached hydrogens (tertiary/aromatic N) is 2. The van der Waals surface area contributed by atoms with Crippen molar-refractivity contribution >= 4 is 23.2 Å². The number of aromatic nitrogens is 1. The summed E-state index contributed by atoms with van der Waals surface area (Å²) in [6.45, 7) is 14.8. The van der Waals surface area contributed by atoms with E-state index in [4.69, 9.17) is 0 Å². The highest BCUT2D eigenvalue weighted by atomic mass is 32.1. The van der Waals surface area contributed by atoms with Gasteiger partial charge in [-0.05, 0) is 50.3 Å². The van der Waals surface area contributed by atoms with E-state index in [1.807, 2.05) is 33.2 Å². The second kappa shape index (κ2) is 13.5. The van der Waals surface area contributed by atoms with E-state index in [0.717, 1.165) is 29.7 Å². The van der Waals surface area contributed by atoms with Crippen LogP contribution < -0.4 is 11.1 Å². The third kappa shape index (κ3) is 8.23. The first-order valence-corrected chi connectivity index (χ1v) is 12.7. The second-order valence-electron chi connectivity index (χ2n) is 9.10. The Kier molecular flexibility index (Phi) is 11.7. The molecule has 2 unspecified atom stereocenters. The molecule has 2 amide bonds. The van der Waals surface area contributed by atoms with Gasteiger partial charge in [0.2, 0.25) is 11.8 Å². The fourth-order valence-corrected chi connectivity index (χ4v) is 4.60. The highest BCUT2D eigenvalue weighted by molar-refractivity contribution is 7.13. The van der Waals surface area contributed by atoms with Crippen LogP contribution in [0.5, 0.6) is 0 Å². The monoisotopic (exact) mass is 474 g/mol. The van der Waals surface area contributed by atoms with E-state index in [2.05, 4.69) is 61.1 Å². The third-order valence-electron chi connectivity index (χ3n) is 5.33. The van der Waals surface area contributed by atoms with Crippen LogP contribution in [-0.4, -0.2) is 41.3 Å². The van der Waals surface area contributed by atoms with E-state index in [-0.39, 0.29) is 29.3 Å². The Hall–Kier alpha value is -2.25. The van der Waals surface area contributed by atoms with Crippen LogP contribution in [0.15, 0.2) is 29.8 Å². The smallest absolute Gasteiger partial charge is 0.243 e. The predicted molar refractivity (Wildman–Crippen MR) is 139 cm³/mol. The van der Waals surface area contributed by atoms with Gasteiger partial charge in [0.05, 0.1) is 22.1 Å². The number of likely N-dealkylation sites (tertiary alicyclic amines) is 1. The molecule has 3 N–H and O–H groups in total. The summed E-state index contributed by atoms with van der Waals surface area (Å²) in [5.74, 6) is 0.0201. The lowest BCUT2D eigenvalue weighted by Gasteiger charge is -2.28. The summed E-state index contributed by atoms with van der Waals surface area (Å²) in [5, 5.41) is 3.11.